The van der Waals surface area contributed by atoms with Crippen molar-refractivity contribution in [3.63, 3.8) is 0 Å². The number of hydrogen-bond acceptors (Lipinski definition) is 11. The van der Waals surface area contributed by atoms with E-state index in [1.54, 1.807) is 18.2 Å². The van der Waals surface area contributed by atoms with E-state index >= 15 is 0 Å². The molecule has 1 saturated carbocycles. The Balaban J connectivity index is 1.51. The van der Waals surface area contributed by atoms with Gasteiger partial charge in [0, 0.05) is 57.3 Å². The zero-order valence-corrected chi connectivity index (χ0v) is 35.9. The Morgan fingerprint density at radius 2 is 1.74 bits per heavy atom. The lowest BCUT2D eigenvalue weighted by Crippen LogP contribution is -2.69. The van der Waals surface area contributed by atoms with Crippen LogP contribution in [-0.4, -0.2) is 86.0 Å². The molecule has 2 amide bonds. The Morgan fingerprint density at radius 3 is 2.41 bits per heavy atom. The third kappa shape index (κ3) is 10.2. The highest BCUT2D eigenvalue weighted by Gasteiger charge is 2.65. The lowest BCUT2D eigenvalue weighted by Gasteiger charge is -2.59. The molecule has 0 saturated heterocycles. The Kier molecular flexibility index (Phi) is 15.4. The first kappa shape index (κ1) is 45.5. The number of sulfonamides is 1. The van der Waals surface area contributed by atoms with Crippen molar-refractivity contribution in [2.24, 2.45) is 22.9 Å². The third-order valence-corrected chi connectivity index (χ3v) is 13.6. The Labute approximate surface area is 358 Å². The number of aliphatic hydroxyl groups excluding tert-OH is 2. The summed E-state index contributed by atoms with van der Waals surface area (Å²) in [7, 11) is -2.74. The number of aliphatic hydroxyl groups is 2. The summed E-state index contributed by atoms with van der Waals surface area (Å²) in [5.74, 6) is -2.29. The largest absolute Gasteiger partial charge is 0.460 e. The van der Waals surface area contributed by atoms with Gasteiger partial charge in [0.1, 0.15) is 18.1 Å². The minimum Gasteiger partial charge on any atom is -0.460 e. The maximum absolute atomic E-state index is 14.7. The van der Waals surface area contributed by atoms with Gasteiger partial charge in [0.05, 0.1) is 29.2 Å². The molecule has 61 heavy (non-hydrogen) atoms. The normalized spacial score (nSPS) is 23.5. The smallest absolute Gasteiger partial charge is 0.412 e. The number of carbonyl (C=O) groups excluding carboxylic acids is 2. The van der Waals surface area contributed by atoms with Crippen LogP contribution >= 0.6 is 0 Å². The number of oxime groups is 1. The number of benzene rings is 3. The Hall–Kier alpha value is -5.06. The summed E-state index contributed by atoms with van der Waals surface area (Å²) >= 11 is 0. The van der Waals surface area contributed by atoms with Crippen molar-refractivity contribution < 1.29 is 47.3 Å². The van der Waals surface area contributed by atoms with Gasteiger partial charge in [0.25, 0.3) is 0 Å². The lowest BCUT2D eigenvalue weighted by atomic mass is 9.55. The topological polar surface area (TPSA) is 185 Å². The van der Waals surface area contributed by atoms with Crippen molar-refractivity contribution in [1.82, 2.24) is 9.62 Å². The second kappa shape index (κ2) is 20.7. The summed E-state index contributed by atoms with van der Waals surface area (Å²) in [4.78, 5) is 30.7. The molecule has 328 valence electrons. The fraction of sp³-hybridized carbons (Fsp3) is 0.457. The fourth-order valence-corrected chi connectivity index (χ4v) is 10.4. The van der Waals surface area contributed by atoms with Crippen LogP contribution in [0.5, 0.6) is 11.5 Å². The minimum atomic E-state index is -4.24. The number of nitrogens with one attached hydrogen (secondary N) is 2. The highest BCUT2D eigenvalue weighted by Crippen LogP contribution is 2.62. The fourth-order valence-electron chi connectivity index (χ4n) is 9.07. The number of unbranched alkanes of at least 4 members (excludes halogenated alkanes) is 2. The average molecular weight is 859 g/mol. The minimum absolute atomic E-state index is 0.00201. The predicted molar refractivity (Wildman–Crippen MR) is 232 cm³/mol. The zero-order chi connectivity index (χ0) is 43.6. The molecule has 1 heterocycles. The summed E-state index contributed by atoms with van der Waals surface area (Å²) in [5.41, 5.74) is 3.50. The number of amides is 2. The molecule has 3 aromatic rings. The van der Waals surface area contributed by atoms with Crippen LogP contribution in [-0.2, 0) is 30.9 Å². The number of anilines is 1. The molecular weight excluding hydrogens is 801 g/mol. The van der Waals surface area contributed by atoms with E-state index < -0.39 is 33.9 Å². The maximum atomic E-state index is 14.7. The van der Waals surface area contributed by atoms with E-state index in [4.69, 9.17) is 19.0 Å². The van der Waals surface area contributed by atoms with Gasteiger partial charge in [-0.25, -0.2) is 13.2 Å². The standard InChI is InChI=1S/C46H58N4O10S/c1-5-26-57-46-42(50(4)61(55,56)36-21-18-34(19-22-36)48-31(3)53)29-40(49-58-6-2)38-27-33(16-10-12-24-51)37(17-11-13-25-52)43(44(38)46)39-28-35(20-23-41(39)60-46)59-45(54)47-30-32-14-8-7-9-15-32/h5,7-9,14-15,18-23,27-28,33,37,42-44,51-52H,1,6,10-13,16-17,24-26,29-30H2,2-4H3,(H,47,54)(H,48,53)/t33-,37+,42-,43+,44+,46+/m0/s1. The molecule has 6 atom stereocenters. The second-order valence-electron chi connectivity index (χ2n) is 15.6. The number of likely N-dealkylation sites (N-methyl/N-ethyl adjacent to an activating group) is 1. The van der Waals surface area contributed by atoms with Crippen LogP contribution in [0, 0.1) is 17.8 Å². The molecule has 0 bridgehead atoms. The molecule has 1 fully saturated rings. The summed E-state index contributed by atoms with van der Waals surface area (Å²) in [6.07, 6.45) is 7.38. The van der Waals surface area contributed by atoms with Crippen LogP contribution in [0.1, 0.15) is 75.8 Å². The molecule has 15 heteroatoms. The number of nitrogens with zero attached hydrogens (tertiary/aromatic N) is 2. The van der Waals surface area contributed by atoms with Crippen LogP contribution in [0.4, 0.5) is 10.5 Å². The van der Waals surface area contributed by atoms with Gasteiger partial charge in [-0.2, -0.15) is 4.31 Å². The first-order chi connectivity index (χ1) is 29.5. The maximum Gasteiger partial charge on any atom is 0.412 e. The van der Waals surface area contributed by atoms with Gasteiger partial charge in [-0.3, -0.25) is 4.79 Å². The second-order valence-corrected chi connectivity index (χ2v) is 17.6. The van der Waals surface area contributed by atoms with Crippen LogP contribution in [0.15, 0.2) is 107 Å². The molecule has 6 rings (SSSR count). The van der Waals surface area contributed by atoms with Crippen LogP contribution in [0.2, 0.25) is 0 Å². The number of allylic oxidation sites excluding steroid dienone is 1. The van der Waals surface area contributed by atoms with Crippen molar-refractivity contribution in [2.45, 2.75) is 88.0 Å². The summed E-state index contributed by atoms with van der Waals surface area (Å²) < 4.78 is 50.6. The molecule has 2 aliphatic carbocycles. The molecule has 0 unspecified atom stereocenters. The van der Waals surface area contributed by atoms with Gasteiger partial charge in [-0.05, 0) is 98.0 Å². The van der Waals surface area contributed by atoms with Crippen molar-refractivity contribution in [1.29, 1.82) is 0 Å². The predicted octanol–water partition coefficient (Wildman–Crippen LogP) is 6.91. The van der Waals surface area contributed by atoms with Crippen LogP contribution in [0.25, 0.3) is 0 Å². The van der Waals surface area contributed by atoms with E-state index in [9.17, 15) is 28.2 Å². The van der Waals surface area contributed by atoms with Crippen molar-refractivity contribution in [2.75, 3.05) is 38.8 Å². The quantitative estimate of drug-likeness (QED) is 0.0529. The molecule has 0 spiro atoms. The van der Waals surface area contributed by atoms with E-state index in [2.05, 4.69) is 28.4 Å². The van der Waals surface area contributed by atoms with E-state index in [0.717, 1.165) is 29.5 Å². The Bertz CT molecular complexity index is 2160. The lowest BCUT2D eigenvalue weighted by molar-refractivity contribution is -0.250. The SMILES string of the molecule is C=CCO[C@@]12Oc3ccc(OC(=O)NCc4ccccc4)cc3[C@H]3[C@H](CCCCO)[C@@H](CCCCO)C=C(C(=NOCC)C[C@@H]1N(C)S(=O)(=O)c1ccc(NC(C)=O)cc1)[C@H]32. The first-order valence-electron chi connectivity index (χ1n) is 21.0. The molecule has 3 aliphatic rings. The van der Waals surface area contributed by atoms with Crippen molar-refractivity contribution in [3.05, 3.63) is 108 Å². The van der Waals surface area contributed by atoms with Gasteiger partial charge >= 0.3 is 6.09 Å². The molecular formula is C46H58N4O10S. The molecule has 14 nitrogen and oxygen atoms in total. The van der Waals surface area contributed by atoms with Crippen molar-refractivity contribution in [3.8, 4) is 11.5 Å². The van der Waals surface area contributed by atoms with E-state index in [1.165, 1.54) is 42.5 Å². The third-order valence-electron chi connectivity index (χ3n) is 11.7. The van der Waals surface area contributed by atoms with Crippen molar-refractivity contribution >= 4 is 33.4 Å². The Morgan fingerprint density at radius 1 is 1.02 bits per heavy atom. The van der Waals surface area contributed by atoms with Crippen LogP contribution in [0.3, 0.4) is 0 Å². The highest BCUT2D eigenvalue weighted by molar-refractivity contribution is 7.89. The number of rotatable bonds is 20. The number of hydrogen-bond donors (Lipinski definition) is 4. The molecule has 1 aliphatic heterocycles. The monoisotopic (exact) mass is 858 g/mol. The van der Waals surface area contributed by atoms with E-state index in [-0.39, 0.29) is 67.9 Å². The van der Waals surface area contributed by atoms with Gasteiger partial charge in [0.2, 0.25) is 21.7 Å². The number of carbonyl (C=O) groups is 2. The summed E-state index contributed by atoms with van der Waals surface area (Å²) in [5, 5.41) is 29.9. The first-order valence-corrected chi connectivity index (χ1v) is 22.5. The number of fused-ring (bicyclic) bond motifs is 2. The van der Waals surface area contributed by atoms with Crippen LogP contribution < -0.4 is 20.1 Å². The zero-order valence-electron chi connectivity index (χ0n) is 35.1. The molecule has 0 radical (unpaired) electrons. The number of ether oxygens (including phenoxy) is 3. The van der Waals surface area contributed by atoms with Gasteiger partial charge in [-0.1, -0.05) is 60.5 Å². The molecule has 4 N–H and O–H groups in total. The molecule has 3 aromatic carbocycles. The average Bonchev–Trinajstić information content (AvgIpc) is 3.25. The van der Waals surface area contributed by atoms with Gasteiger partial charge in [0.15, 0.2) is 0 Å². The van der Waals surface area contributed by atoms with Gasteiger partial charge in [-0.15, -0.1) is 6.58 Å². The highest BCUT2D eigenvalue weighted by atomic mass is 32.2. The van der Waals surface area contributed by atoms with E-state index in [1.807, 2.05) is 43.3 Å². The van der Waals surface area contributed by atoms with E-state index in [0.29, 0.717) is 48.6 Å². The summed E-state index contributed by atoms with van der Waals surface area (Å²) in [6.45, 7) is 7.81. The van der Waals surface area contributed by atoms with Gasteiger partial charge < -0.3 is 39.9 Å². The summed E-state index contributed by atoms with van der Waals surface area (Å²) in [6, 6.07) is 19.7. The molecule has 0 aromatic heterocycles.